The largest absolute Gasteiger partial charge is 0.326 e. The number of fused-ring (bicyclic) bond motifs is 2. The predicted molar refractivity (Wildman–Crippen MR) is 77.2 cm³/mol. The molecule has 2 heteroatoms. The van der Waals surface area contributed by atoms with Crippen molar-refractivity contribution in [3.8, 4) is 0 Å². The second-order valence-corrected chi connectivity index (χ2v) is 4.53. The molecule has 90 valence electrons. The Morgan fingerprint density at radius 2 is 1.44 bits per heavy atom. The van der Waals surface area contributed by atoms with Gasteiger partial charge in [-0.25, -0.2) is 0 Å². The Balaban J connectivity index is 2.42. The van der Waals surface area contributed by atoms with E-state index in [2.05, 4.69) is 48.5 Å². The summed E-state index contributed by atoms with van der Waals surface area (Å²) in [5.41, 5.74) is 14.0. The molecule has 18 heavy (non-hydrogen) atoms. The third-order valence-corrected chi connectivity index (χ3v) is 3.52. The summed E-state index contributed by atoms with van der Waals surface area (Å²) in [6.45, 7) is 1.07. The second-order valence-electron chi connectivity index (χ2n) is 4.53. The molecule has 0 amide bonds. The van der Waals surface area contributed by atoms with Gasteiger partial charge in [0.2, 0.25) is 0 Å². The number of rotatable bonds is 2. The van der Waals surface area contributed by atoms with Gasteiger partial charge in [-0.15, -0.1) is 0 Å². The van der Waals surface area contributed by atoms with E-state index in [0.717, 1.165) is 5.56 Å². The Bertz CT molecular complexity index is 717. The van der Waals surface area contributed by atoms with E-state index in [1.165, 1.54) is 27.1 Å². The summed E-state index contributed by atoms with van der Waals surface area (Å²) in [5, 5.41) is 4.95. The molecule has 0 saturated carbocycles. The maximum atomic E-state index is 5.88. The van der Waals surface area contributed by atoms with Crippen LogP contribution in [0.25, 0.3) is 21.5 Å². The molecule has 0 aromatic heterocycles. The summed E-state index contributed by atoms with van der Waals surface area (Å²) in [5.74, 6) is 0. The molecule has 0 aliphatic heterocycles. The molecule has 0 spiro atoms. The summed E-state index contributed by atoms with van der Waals surface area (Å²) < 4.78 is 0. The van der Waals surface area contributed by atoms with E-state index in [1.807, 2.05) is 0 Å². The van der Waals surface area contributed by atoms with Gasteiger partial charge in [-0.1, -0.05) is 36.4 Å². The van der Waals surface area contributed by atoms with Crippen molar-refractivity contribution < 1.29 is 0 Å². The van der Waals surface area contributed by atoms with Crippen molar-refractivity contribution >= 4 is 21.5 Å². The summed E-state index contributed by atoms with van der Waals surface area (Å²) in [4.78, 5) is 0. The van der Waals surface area contributed by atoms with Crippen molar-refractivity contribution in [2.75, 3.05) is 0 Å². The van der Waals surface area contributed by atoms with Gasteiger partial charge in [-0.05, 0) is 44.8 Å². The van der Waals surface area contributed by atoms with E-state index < -0.39 is 0 Å². The van der Waals surface area contributed by atoms with Crippen LogP contribution in [0.2, 0.25) is 0 Å². The fourth-order valence-corrected chi connectivity index (χ4v) is 2.55. The zero-order chi connectivity index (χ0) is 12.5. The standard InChI is InChI=1S/C16H16N2/c17-9-14-6-5-13-7-11-3-1-2-4-12(11)8-15(13)16(14)10-18/h1-8H,9-10,17-18H2. The van der Waals surface area contributed by atoms with Gasteiger partial charge in [0.1, 0.15) is 0 Å². The molecule has 3 aromatic rings. The maximum Gasteiger partial charge on any atom is 0.0187 e. The average Bonchev–Trinajstić information content (AvgIpc) is 2.43. The third-order valence-electron chi connectivity index (χ3n) is 3.52. The van der Waals surface area contributed by atoms with Crippen LogP contribution < -0.4 is 11.5 Å². The highest BCUT2D eigenvalue weighted by Gasteiger charge is 2.06. The minimum absolute atomic E-state index is 0.530. The Hall–Kier alpha value is -1.90. The first kappa shape index (κ1) is 11.2. The van der Waals surface area contributed by atoms with Crippen LogP contribution in [0.1, 0.15) is 11.1 Å². The van der Waals surface area contributed by atoms with Gasteiger partial charge in [0, 0.05) is 13.1 Å². The quantitative estimate of drug-likeness (QED) is 0.672. The van der Waals surface area contributed by atoms with Crippen molar-refractivity contribution in [3.63, 3.8) is 0 Å². The number of nitrogens with two attached hydrogens (primary N) is 2. The summed E-state index contributed by atoms with van der Waals surface area (Å²) >= 11 is 0. The van der Waals surface area contributed by atoms with Crippen molar-refractivity contribution in [1.29, 1.82) is 0 Å². The average molecular weight is 236 g/mol. The molecule has 0 unspecified atom stereocenters. The van der Waals surface area contributed by atoms with Gasteiger partial charge >= 0.3 is 0 Å². The van der Waals surface area contributed by atoms with E-state index in [-0.39, 0.29) is 0 Å². The van der Waals surface area contributed by atoms with Crippen molar-refractivity contribution in [1.82, 2.24) is 0 Å². The molecule has 0 saturated heterocycles. The molecule has 2 nitrogen and oxygen atoms in total. The molecule has 0 heterocycles. The van der Waals surface area contributed by atoms with Crippen LogP contribution in [0.3, 0.4) is 0 Å². The van der Waals surface area contributed by atoms with Crippen LogP contribution in [0.5, 0.6) is 0 Å². The van der Waals surface area contributed by atoms with Gasteiger partial charge in [0.05, 0.1) is 0 Å². The van der Waals surface area contributed by atoms with E-state index in [0.29, 0.717) is 13.1 Å². The minimum Gasteiger partial charge on any atom is -0.326 e. The lowest BCUT2D eigenvalue weighted by molar-refractivity contribution is 0.992. The zero-order valence-corrected chi connectivity index (χ0v) is 10.2. The van der Waals surface area contributed by atoms with E-state index in [9.17, 15) is 0 Å². The second kappa shape index (κ2) is 4.41. The molecule has 0 radical (unpaired) electrons. The van der Waals surface area contributed by atoms with Crippen LogP contribution in [0.4, 0.5) is 0 Å². The van der Waals surface area contributed by atoms with Gasteiger partial charge in [0.15, 0.2) is 0 Å². The molecule has 0 bridgehead atoms. The fraction of sp³-hybridized carbons (Fsp3) is 0.125. The van der Waals surface area contributed by atoms with E-state index in [4.69, 9.17) is 11.5 Å². The van der Waals surface area contributed by atoms with Crippen molar-refractivity contribution in [2.24, 2.45) is 11.5 Å². The first-order chi connectivity index (χ1) is 8.83. The predicted octanol–water partition coefficient (Wildman–Crippen LogP) is 2.91. The first-order valence-corrected chi connectivity index (χ1v) is 6.17. The zero-order valence-electron chi connectivity index (χ0n) is 10.2. The lowest BCUT2D eigenvalue weighted by atomic mass is 9.96. The maximum absolute atomic E-state index is 5.88. The monoisotopic (exact) mass is 236 g/mol. The SMILES string of the molecule is NCc1ccc2cc3ccccc3cc2c1CN. The van der Waals surface area contributed by atoms with Crippen LogP contribution in [-0.2, 0) is 13.1 Å². The highest BCUT2D eigenvalue weighted by atomic mass is 14.6. The molecule has 3 aromatic carbocycles. The topological polar surface area (TPSA) is 52.0 Å². The Morgan fingerprint density at radius 1 is 0.722 bits per heavy atom. The Morgan fingerprint density at radius 3 is 2.11 bits per heavy atom. The molecule has 0 aliphatic rings. The van der Waals surface area contributed by atoms with E-state index in [1.54, 1.807) is 0 Å². The molecule has 0 aliphatic carbocycles. The van der Waals surface area contributed by atoms with E-state index >= 15 is 0 Å². The summed E-state index contributed by atoms with van der Waals surface area (Å²) in [6, 6.07) is 17.0. The van der Waals surface area contributed by atoms with Crippen molar-refractivity contribution in [3.05, 3.63) is 59.7 Å². The highest BCUT2D eigenvalue weighted by Crippen LogP contribution is 2.27. The summed E-state index contributed by atoms with van der Waals surface area (Å²) in [6.07, 6.45) is 0. The highest BCUT2D eigenvalue weighted by molar-refractivity contribution is 6.00. The Labute approximate surface area is 106 Å². The van der Waals surface area contributed by atoms with Gasteiger partial charge in [-0.3, -0.25) is 0 Å². The van der Waals surface area contributed by atoms with Gasteiger partial charge in [-0.2, -0.15) is 0 Å². The number of hydrogen-bond acceptors (Lipinski definition) is 2. The first-order valence-electron chi connectivity index (χ1n) is 6.17. The molecular weight excluding hydrogens is 220 g/mol. The molecule has 3 rings (SSSR count). The number of benzene rings is 3. The number of hydrogen-bond donors (Lipinski definition) is 2. The van der Waals surface area contributed by atoms with Crippen LogP contribution in [-0.4, -0.2) is 0 Å². The van der Waals surface area contributed by atoms with Crippen molar-refractivity contribution in [2.45, 2.75) is 13.1 Å². The van der Waals surface area contributed by atoms with Crippen LogP contribution in [0, 0.1) is 0 Å². The minimum atomic E-state index is 0.530. The molecule has 4 N–H and O–H groups in total. The lowest BCUT2D eigenvalue weighted by Gasteiger charge is -2.11. The normalized spacial score (nSPS) is 11.2. The van der Waals surface area contributed by atoms with Crippen LogP contribution in [0.15, 0.2) is 48.5 Å². The Kier molecular flexibility index (Phi) is 2.74. The molecular formula is C16H16N2. The third kappa shape index (κ3) is 1.67. The van der Waals surface area contributed by atoms with Crippen LogP contribution >= 0.6 is 0 Å². The lowest BCUT2D eigenvalue weighted by Crippen LogP contribution is -2.06. The van der Waals surface area contributed by atoms with Gasteiger partial charge < -0.3 is 11.5 Å². The van der Waals surface area contributed by atoms with Gasteiger partial charge in [0.25, 0.3) is 0 Å². The summed E-state index contributed by atoms with van der Waals surface area (Å²) in [7, 11) is 0. The molecule has 0 fully saturated rings. The molecule has 0 atom stereocenters. The smallest absolute Gasteiger partial charge is 0.0187 e. The fourth-order valence-electron chi connectivity index (χ4n) is 2.55.